The standard InChI is InChI=1S/C20H24N2O5S/c1-4-22(15-9-10-28(25,26)12-15)19(23)14(3)27-20(24)17-11-13(2)21-18-8-6-5-7-16(17)18/h5-8,11,14-15H,4,9-10,12H2,1-3H3. The van der Waals surface area contributed by atoms with Crippen LogP contribution < -0.4 is 0 Å². The average molecular weight is 404 g/mol. The molecule has 0 aliphatic carbocycles. The molecule has 1 amide bonds. The molecule has 0 saturated carbocycles. The van der Waals surface area contributed by atoms with Gasteiger partial charge in [-0.05, 0) is 39.3 Å². The molecule has 2 heterocycles. The Kier molecular flexibility index (Phi) is 5.69. The van der Waals surface area contributed by atoms with Gasteiger partial charge < -0.3 is 9.64 Å². The number of fused-ring (bicyclic) bond motifs is 1. The number of benzene rings is 1. The first-order valence-electron chi connectivity index (χ1n) is 9.30. The Morgan fingerprint density at radius 3 is 2.68 bits per heavy atom. The van der Waals surface area contributed by atoms with Gasteiger partial charge in [0.25, 0.3) is 5.91 Å². The SMILES string of the molecule is CCN(C(=O)C(C)OC(=O)c1cc(C)nc2ccccc12)C1CCS(=O)(=O)C1. The number of carbonyl (C=O) groups is 2. The zero-order valence-electron chi connectivity index (χ0n) is 16.2. The smallest absolute Gasteiger partial charge is 0.339 e. The monoisotopic (exact) mass is 404 g/mol. The molecule has 2 aromatic rings. The molecule has 0 spiro atoms. The maximum absolute atomic E-state index is 12.8. The number of rotatable bonds is 5. The van der Waals surface area contributed by atoms with Crippen molar-refractivity contribution >= 4 is 32.6 Å². The van der Waals surface area contributed by atoms with Gasteiger partial charge in [0.05, 0.1) is 22.6 Å². The van der Waals surface area contributed by atoms with Gasteiger partial charge in [-0.15, -0.1) is 0 Å². The Labute approximate surface area is 164 Å². The zero-order valence-corrected chi connectivity index (χ0v) is 17.0. The zero-order chi connectivity index (χ0) is 20.5. The maximum atomic E-state index is 12.8. The first-order chi connectivity index (χ1) is 13.2. The number of carbonyl (C=O) groups excluding carboxylic acids is 2. The molecule has 7 nitrogen and oxygen atoms in total. The third-order valence-corrected chi connectivity index (χ3v) is 6.72. The van der Waals surface area contributed by atoms with Crippen LogP contribution in [0.4, 0.5) is 0 Å². The summed E-state index contributed by atoms with van der Waals surface area (Å²) in [5, 5.41) is 0.659. The molecule has 0 N–H and O–H groups in total. The van der Waals surface area contributed by atoms with E-state index < -0.39 is 21.9 Å². The van der Waals surface area contributed by atoms with Gasteiger partial charge >= 0.3 is 5.97 Å². The highest BCUT2D eigenvalue weighted by atomic mass is 32.2. The van der Waals surface area contributed by atoms with Gasteiger partial charge in [-0.3, -0.25) is 9.78 Å². The summed E-state index contributed by atoms with van der Waals surface area (Å²) in [4.78, 5) is 31.5. The third-order valence-electron chi connectivity index (χ3n) is 4.97. The quantitative estimate of drug-likeness (QED) is 0.709. The van der Waals surface area contributed by atoms with Gasteiger partial charge in [0.2, 0.25) is 0 Å². The van der Waals surface area contributed by atoms with Gasteiger partial charge in [0.1, 0.15) is 0 Å². The van der Waals surface area contributed by atoms with E-state index in [4.69, 9.17) is 4.74 Å². The lowest BCUT2D eigenvalue weighted by atomic mass is 10.1. The third kappa shape index (κ3) is 4.16. The van der Waals surface area contributed by atoms with Crippen molar-refractivity contribution in [1.29, 1.82) is 0 Å². The molecule has 2 unspecified atom stereocenters. The van der Waals surface area contributed by atoms with Crippen LogP contribution in [0.2, 0.25) is 0 Å². The number of esters is 1. The molecule has 0 radical (unpaired) electrons. The van der Waals surface area contributed by atoms with Gasteiger partial charge in [-0.1, -0.05) is 18.2 Å². The largest absolute Gasteiger partial charge is 0.449 e. The molecule has 1 aromatic carbocycles. The normalized spacial score (nSPS) is 19.3. The number of hydrogen-bond donors (Lipinski definition) is 0. The van der Waals surface area contributed by atoms with Gasteiger partial charge in [0, 0.05) is 23.7 Å². The van der Waals surface area contributed by atoms with E-state index in [1.54, 1.807) is 26.0 Å². The lowest BCUT2D eigenvalue weighted by molar-refractivity contribution is -0.141. The topological polar surface area (TPSA) is 93.6 Å². The Bertz CT molecular complexity index is 1020. The molecule has 8 heteroatoms. The molecule has 1 saturated heterocycles. The molecular weight excluding hydrogens is 380 g/mol. The van der Waals surface area contributed by atoms with Crippen LogP contribution in [0.25, 0.3) is 10.9 Å². The number of pyridine rings is 1. The molecular formula is C20H24N2O5S. The van der Waals surface area contributed by atoms with Crippen LogP contribution in [0, 0.1) is 6.92 Å². The molecule has 1 aromatic heterocycles. The molecule has 3 rings (SSSR count). The summed E-state index contributed by atoms with van der Waals surface area (Å²) in [6, 6.07) is 8.52. The van der Waals surface area contributed by atoms with Crippen LogP contribution in [0.15, 0.2) is 30.3 Å². The summed E-state index contributed by atoms with van der Waals surface area (Å²) < 4.78 is 28.9. The molecule has 150 valence electrons. The van der Waals surface area contributed by atoms with Crippen LogP contribution in [0.1, 0.15) is 36.3 Å². The van der Waals surface area contributed by atoms with Crippen molar-refractivity contribution < 1.29 is 22.7 Å². The number of hydrogen-bond acceptors (Lipinski definition) is 6. The highest BCUT2D eigenvalue weighted by Crippen LogP contribution is 2.22. The minimum atomic E-state index is -3.11. The summed E-state index contributed by atoms with van der Waals surface area (Å²) in [6.07, 6.45) is -0.598. The summed E-state index contributed by atoms with van der Waals surface area (Å²) >= 11 is 0. The van der Waals surface area contributed by atoms with E-state index in [-0.39, 0.29) is 23.5 Å². The summed E-state index contributed by atoms with van der Waals surface area (Å²) in [6.45, 7) is 5.45. The fraction of sp³-hybridized carbons (Fsp3) is 0.450. The number of ether oxygens (including phenoxy) is 1. The number of nitrogens with zero attached hydrogens (tertiary/aromatic N) is 2. The lowest BCUT2D eigenvalue weighted by Crippen LogP contribution is -2.46. The first kappa shape index (κ1) is 20.3. The number of para-hydroxylation sites is 1. The van der Waals surface area contributed by atoms with Crippen LogP contribution in [0.5, 0.6) is 0 Å². The van der Waals surface area contributed by atoms with Gasteiger partial charge in [-0.25, -0.2) is 13.2 Å². The Morgan fingerprint density at radius 2 is 2.04 bits per heavy atom. The predicted octanol–water partition coefficient (Wildman–Crippen LogP) is 2.12. The van der Waals surface area contributed by atoms with Crippen molar-refractivity contribution in [3.05, 3.63) is 41.6 Å². The van der Waals surface area contributed by atoms with Gasteiger partial charge in [0.15, 0.2) is 15.9 Å². The molecule has 2 atom stereocenters. The molecule has 1 aliphatic rings. The highest BCUT2D eigenvalue weighted by molar-refractivity contribution is 7.91. The second-order valence-corrected chi connectivity index (χ2v) is 9.29. The first-order valence-corrected chi connectivity index (χ1v) is 11.1. The summed E-state index contributed by atoms with van der Waals surface area (Å²) in [5.41, 5.74) is 1.71. The van der Waals surface area contributed by atoms with E-state index in [0.717, 1.165) is 0 Å². The van der Waals surface area contributed by atoms with Crippen molar-refractivity contribution in [3.63, 3.8) is 0 Å². The number of aromatic nitrogens is 1. The van der Waals surface area contributed by atoms with Crippen molar-refractivity contribution in [2.75, 3.05) is 18.1 Å². The van der Waals surface area contributed by atoms with Crippen LogP contribution in [0.3, 0.4) is 0 Å². The lowest BCUT2D eigenvalue weighted by Gasteiger charge is -2.29. The van der Waals surface area contributed by atoms with Crippen LogP contribution >= 0.6 is 0 Å². The van der Waals surface area contributed by atoms with E-state index in [2.05, 4.69) is 4.98 Å². The van der Waals surface area contributed by atoms with Crippen LogP contribution in [-0.2, 0) is 19.4 Å². The molecule has 1 fully saturated rings. The van der Waals surface area contributed by atoms with Crippen LogP contribution in [-0.4, -0.2) is 60.4 Å². The maximum Gasteiger partial charge on any atom is 0.339 e. The number of aryl methyl sites for hydroxylation is 1. The fourth-order valence-electron chi connectivity index (χ4n) is 3.60. The minimum Gasteiger partial charge on any atom is -0.449 e. The van der Waals surface area contributed by atoms with Crippen molar-refractivity contribution in [3.8, 4) is 0 Å². The number of likely N-dealkylation sites (N-methyl/N-ethyl adjacent to an activating group) is 1. The van der Waals surface area contributed by atoms with E-state index in [1.165, 1.54) is 11.8 Å². The number of sulfone groups is 1. The molecule has 0 bridgehead atoms. The van der Waals surface area contributed by atoms with Crippen molar-refractivity contribution in [2.45, 2.75) is 39.3 Å². The minimum absolute atomic E-state index is 0.0402. The van der Waals surface area contributed by atoms with E-state index in [0.29, 0.717) is 35.1 Å². The molecule has 1 aliphatic heterocycles. The molecule has 28 heavy (non-hydrogen) atoms. The van der Waals surface area contributed by atoms with Gasteiger partial charge in [-0.2, -0.15) is 0 Å². The average Bonchev–Trinajstić information content (AvgIpc) is 3.00. The second kappa shape index (κ2) is 7.87. The predicted molar refractivity (Wildman–Crippen MR) is 106 cm³/mol. The van der Waals surface area contributed by atoms with Crippen molar-refractivity contribution in [1.82, 2.24) is 9.88 Å². The van der Waals surface area contributed by atoms with E-state index in [1.807, 2.05) is 18.2 Å². The Hall–Kier alpha value is -2.48. The second-order valence-electron chi connectivity index (χ2n) is 7.06. The van der Waals surface area contributed by atoms with E-state index >= 15 is 0 Å². The van der Waals surface area contributed by atoms with E-state index in [9.17, 15) is 18.0 Å². The number of amides is 1. The Morgan fingerprint density at radius 1 is 1.32 bits per heavy atom. The summed E-state index contributed by atoms with van der Waals surface area (Å²) in [7, 11) is -3.11. The highest BCUT2D eigenvalue weighted by Gasteiger charge is 2.36. The fourth-order valence-corrected chi connectivity index (χ4v) is 5.33. The summed E-state index contributed by atoms with van der Waals surface area (Å²) in [5.74, 6) is -0.940. The Balaban J connectivity index is 1.78. The van der Waals surface area contributed by atoms with Crippen molar-refractivity contribution in [2.24, 2.45) is 0 Å².